The number of hydrogen-bond donors (Lipinski definition) is 2. The number of rotatable bonds is 4. The van der Waals surface area contributed by atoms with Gasteiger partial charge in [-0.1, -0.05) is 0 Å². The van der Waals surface area contributed by atoms with Crippen molar-refractivity contribution < 1.29 is 14.6 Å². The molecule has 2 rings (SSSR count). The molecule has 2 heterocycles. The van der Waals surface area contributed by atoms with Crippen molar-refractivity contribution in [3.63, 3.8) is 0 Å². The molecule has 0 radical (unpaired) electrons. The Labute approximate surface area is 135 Å². The number of aromatic nitrogens is 1. The highest BCUT2D eigenvalue weighted by molar-refractivity contribution is 7.13. The summed E-state index contributed by atoms with van der Waals surface area (Å²) in [5.74, 6) is 0.367. The molecule has 6 nitrogen and oxygen atoms in total. The van der Waals surface area contributed by atoms with E-state index in [-0.39, 0.29) is 6.61 Å². The van der Waals surface area contributed by atoms with E-state index in [1.165, 1.54) is 11.3 Å². The summed E-state index contributed by atoms with van der Waals surface area (Å²) in [6.45, 7) is 8.42. The van der Waals surface area contributed by atoms with Crippen molar-refractivity contribution in [2.75, 3.05) is 25.0 Å². The predicted octanol–water partition coefficient (Wildman–Crippen LogP) is 2.69. The molecule has 0 spiro atoms. The Morgan fingerprint density at radius 2 is 2.36 bits per heavy atom. The number of anilines is 1. The summed E-state index contributed by atoms with van der Waals surface area (Å²) in [5, 5.41) is 14.4. The van der Waals surface area contributed by atoms with Crippen molar-refractivity contribution in [1.29, 1.82) is 0 Å². The van der Waals surface area contributed by atoms with Gasteiger partial charge >= 0.3 is 6.09 Å². The van der Waals surface area contributed by atoms with Gasteiger partial charge in [0.1, 0.15) is 5.60 Å². The molecule has 0 saturated carbocycles. The number of hydrogen-bond acceptors (Lipinski definition) is 6. The van der Waals surface area contributed by atoms with Gasteiger partial charge in [0.15, 0.2) is 5.13 Å². The van der Waals surface area contributed by atoms with Gasteiger partial charge < -0.3 is 9.84 Å². The third-order valence-corrected chi connectivity index (χ3v) is 4.21. The molecule has 1 atom stereocenters. The van der Waals surface area contributed by atoms with E-state index in [0.29, 0.717) is 11.0 Å². The summed E-state index contributed by atoms with van der Waals surface area (Å²) < 4.78 is 5.21. The van der Waals surface area contributed by atoms with Crippen LogP contribution in [-0.4, -0.2) is 46.4 Å². The van der Waals surface area contributed by atoms with Gasteiger partial charge in [-0.2, -0.15) is 0 Å². The maximum absolute atomic E-state index is 11.7. The van der Waals surface area contributed by atoms with Crippen molar-refractivity contribution in [2.45, 2.75) is 45.8 Å². The van der Waals surface area contributed by atoms with E-state index >= 15 is 0 Å². The smallest absolute Gasteiger partial charge is 0.413 e. The standard InChI is InChI=1S/C15H25N3O3S/c1-15(2,3)21-14(20)17-13-16-12(10-22-13)8-18-6-4-5-11(7-18)9-19/h10-11,19H,4-9H2,1-3H3,(H,16,17,20). The summed E-state index contributed by atoms with van der Waals surface area (Å²) >= 11 is 1.40. The SMILES string of the molecule is CC(C)(C)OC(=O)Nc1nc(CN2CCCC(CO)C2)cs1. The fourth-order valence-corrected chi connectivity index (χ4v) is 3.19. The van der Waals surface area contributed by atoms with Gasteiger partial charge in [-0.15, -0.1) is 11.3 Å². The maximum Gasteiger partial charge on any atom is 0.413 e. The van der Waals surface area contributed by atoms with Crippen LogP contribution in [-0.2, 0) is 11.3 Å². The third-order valence-electron chi connectivity index (χ3n) is 3.41. The molecule has 1 fully saturated rings. The Morgan fingerprint density at radius 3 is 3.05 bits per heavy atom. The lowest BCUT2D eigenvalue weighted by Crippen LogP contribution is -2.36. The van der Waals surface area contributed by atoms with Crippen molar-refractivity contribution in [1.82, 2.24) is 9.88 Å². The molecule has 0 bridgehead atoms. The minimum atomic E-state index is -0.517. The first-order chi connectivity index (χ1) is 10.4. The van der Waals surface area contributed by atoms with E-state index in [0.717, 1.165) is 38.2 Å². The zero-order valence-electron chi connectivity index (χ0n) is 13.5. The molecule has 1 aliphatic heterocycles. The fraction of sp³-hybridized carbons (Fsp3) is 0.733. The Bertz CT molecular complexity index is 498. The first kappa shape index (κ1) is 17.2. The van der Waals surface area contributed by atoms with Crippen LogP contribution in [0.1, 0.15) is 39.3 Å². The average molecular weight is 327 g/mol. The number of amides is 1. The number of nitrogens with one attached hydrogen (secondary N) is 1. The van der Waals surface area contributed by atoms with E-state index < -0.39 is 11.7 Å². The quantitative estimate of drug-likeness (QED) is 0.889. The predicted molar refractivity (Wildman–Crippen MR) is 87.1 cm³/mol. The number of piperidine rings is 1. The van der Waals surface area contributed by atoms with Crippen LogP contribution in [0.25, 0.3) is 0 Å². The van der Waals surface area contributed by atoms with Gasteiger partial charge in [-0.3, -0.25) is 10.2 Å². The highest BCUT2D eigenvalue weighted by Crippen LogP contribution is 2.21. The fourth-order valence-electron chi connectivity index (χ4n) is 2.50. The molecular weight excluding hydrogens is 302 g/mol. The monoisotopic (exact) mass is 327 g/mol. The second kappa shape index (κ2) is 7.39. The number of carbonyl (C=O) groups is 1. The molecule has 1 amide bonds. The van der Waals surface area contributed by atoms with Crippen molar-refractivity contribution >= 4 is 22.6 Å². The lowest BCUT2D eigenvalue weighted by Gasteiger charge is -2.31. The second-order valence-corrected chi connectivity index (χ2v) is 7.55. The zero-order chi connectivity index (χ0) is 16.2. The van der Waals surface area contributed by atoms with Crippen LogP contribution in [0, 0.1) is 5.92 Å². The van der Waals surface area contributed by atoms with Gasteiger partial charge in [-0.05, 0) is 46.1 Å². The topological polar surface area (TPSA) is 74.7 Å². The van der Waals surface area contributed by atoms with E-state index in [1.54, 1.807) is 0 Å². The third kappa shape index (κ3) is 5.55. The van der Waals surface area contributed by atoms with Crippen LogP contribution < -0.4 is 5.32 Å². The largest absolute Gasteiger partial charge is 0.444 e. The van der Waals surface area contributed by atoms with Gasteiger partial charge in [-0.25, -0.2) is 9.78 Å². The number of aliphatic hydroxyl groups excluding tert-OH is 1. The van der Waals surface area contributed by atoms with Gasteiger partial charge in [0.25, 0.3) is 0 Å². The lowest BCUT2D eigenvalue weighted by molar-refractivity contribution is 0.0636. The van der Waals surface area contributed by atoms with Crippen LogP contribution in [0.3, 0.4) is 0 Å². The minimum Gasteiger partial charge on any atom is -0.444 e. The van der Waals surface area contributed by atoms with E-state index in [1.807, 2.05) is 26.2 Å². The lowest BCUT2D eigenvalue weighted by atomic mass is 9.99. The number of nitrogens with zero attached hydrogens (tertiary/aromatic N) is 2. The van der Waals surface area contributed by atoms with Crippen molar-refractivity contribution in [3.8, 4) is 0 Å². The highest BCUT2D eigenvalue weighted by Gasteiger charge is 2.21. The maximum atomic E-state index is 11.7. The number of likely N-dealkylation sites (tertiary alicyclic amines) is 1. The molecule has 1 aromatic heterocycles. The summed E-state index contributed by atoms with van der Waals surface area (Å²) in [7, 11) is 0. The Kier molecular flexibility index (Phi) is 5.77. The van der Waals surface area contributed by atoms with Gasteiger partial charge in [0.05, 0.1) is 5.69 Å². The summed E-state index contributed by atoms with van der Waals surface area (Å²) in [4.78, 5) is 18.4. The molecule has 1 unspecified atom stereocenters. The van der Waals surface area contributed by atoms with Crippen LogP contribution in [0.15, 0.2) is 5.38 Å². The first-order valence-electron chi connectivity index (χ1n) is 7.63. The molecule has 0 aromatic carbocycles. The summed E-state index contributed by atoms with van der Waals surface area (Å²) in [5.41, 5.74) is 0.423. The molecule has 2 N–H and O–H groups in total. The number of ether oxygens (including phenoxy) is 1. The Balaban J connectivity index is 1.85. The molecule has 1 aliphatic rings. The molecule has 1 saturated heterocycles. The zero-order valence-corrected chi connectivity index (χ0v) is 14.3. The summed E-state index contributed by atoms with van der Waals surface area (Å²) in [6, 6.07) is 0. The average Bonchev–Trinajstić information content (AvgIpc) is 2.83. The van der Waals surface area contributed by atoms with Crippen LogP contribution in [0.4, 0.5) is 9.93 Å². The van der Waals surface area contributed by atoms with Gasteiger partial charge in [0, 0.05) is 25.1 Å². The molecular formula is C15H25N3O3S. The molecule has 7 heteroatoms. The highest BCUT2D eigenvalue weighted by atomic mass is 32.1. The summed E-state index contributed by atoms with van der Waals surface area (Å²) in [6.07, 6.45) is 1.72. The number of aliphatic hydroxyl groups is 1. The molecule has 1 aromatic rings. The first-order valence-corrected chi connectivity index (χ1v) is 8.51. The number of carbonyl (C=O) groups excluding carboxylic acids is 1. The van der Waals surface area contributed by atoms with E-state index in [9.17, 15) is 9.90 Å². The Morgan fingerprint density at radius 1 is 1.59 bits per heavy atom. The Hall–Kier alpha value is -1.18. The molecule has 0 aliphatic carbocycles. The minimum absolute atomic E-state index is 0.249. The van der Waals surface area contributed by atoms with E-state index in [4.69, 9.17) is 4.74 Å². The molecule has 124 valence electrons. The second-order valence-electron chi connectivity index (χ2n) is 6.70. The molecule has 22 heavy (non-hydrogen) atoms. The van der Waals surface area contributed by atoms with Crippen molar-refractivity contribution in [2.24, 2.45) is 5.92 Å². The van der Waals surface area contributed by atoms with E-state index in [2.05, 4.69) is 15.2 Å². The van der Waals surface area contributed by atoms with Crippen LogP contribution in [0.2, 0.25) is 0 Å². The normalized spacial score (nSPS) is 19.9. The van der Waals surface area contributed by atoms with Crippen molar-refractivity contribution in [3.05, 3.63) is 11.1 Å². The van der Waals surface area contributed by atoms with Crippen LogP contribution >= 0.6 is 11.3 Å². The number of thiazole rings is 1. The van der Waals surface area contributed by atoms with Gasteiger partial charge in [0.2, 0.25) is 0 Å². The van der Waals surface area contributed by atoms with Crippen LogP contribution in [0.5, 0.6) is 0 Å².